The van der Waals surface area contributed by atoms with E-state index in [1.165, 1.54) is 0 Å². The summed E-state index contributed by atoms with van der Waals surface area (Å²) in [5, 5.41) is 0. The molecule has 3 rings (SSSR count). The molecule has 1 atom stereocenters. The van der Waals surface area contributed by atoms with Crippen LogP contribution < -0.4 is 5.73 Å². The minimum atomic E-state index is -0.913. The van der Waals surface area contributed by atoms with Crippen molar-refractivity contribution in [1.82, 2.24) is 0 Å². The molecule has 3 aromatic rings. The number of carbonyl (C=O) groups excluding carboxylic acids is 1. The van der Waals surface area contributed by atoms with E-state index in [2.05, 4.69) is 0 Å². The number of hydrogen-bond donors (Lipinski definition) is 1. The Hall–Kier alpha value is -2.95. The zero-order valence-electron chi connectivity index (χ0n) is 17.7. The van der Waals surface area contributed by atoms with Gasteiger partial charge in [0.05, 0.1) is 6.61 Å². The molecule has 4 nitrogen and oxygen atoms in total. The highest BCUT2D eigenvalue weighted by Gasteiger charge is 2.38. The molecule has 3 aromatic carbocycles. The highest BCUT2D eigenvalue weighted by molar-refractivity contribution is 5.76. The molecule has 0 heterocycles. The van der Waals surface area contributed by atoms with Gasteiger partial charge in [0.1, 0.15) is 17.2 Å². The summed E-state index contributed by atoms with van der Waals surface area (Å²) < 4.78 is 12.0. The van der Waals surface area contributed by atoms with Gasteiger partial charge in [0.25, 0.3) is 0 Å². The average Bonchev–Trinajstić information content (AvgIpc) is 2.75. The molecule has 0 fully saturated rings. The van der Waals surface area contributed by atoms with Gasteiger partial charge in [-0.05, 0) is 37.5 Å². The molecule has 0 spiro atoms. The monoisotopic (exact) mass is 403 g/mol. The molecule has 0 saturated heterocycles. The van der Waals surface area contributed by atoms with Gasteiger partial charge < -0.3 is 15.2 Å². The SMILES string of the molecule is CC(C)(C)OC(=O)[C@@H](N)COC(c1ccccc1)(c1ccccc1)c1ccccc1. The molecule has 0 aliphatic rings. The van der Waals surface area contributed by atoms with Crippen molar-refractivity contribution >= 4 is 5.97 Å². The summed E-state index contributed by atoms with van der Waals surface area (Å²) in [5.41, 5.74) is 7.52. The first-order chi connectivity index (χ1) is 14.3. The lowest BCUT2D eigenvalue weighted by molar-refractivity contribution is -0.159. The average molecular weight is 404 g/mol. The topological polar surface area (TPSA) is 61.5 Å². The van der Waals surface area contributed by atoms with Crippen LogP contribution in [0.5, 0.6) is 0 Å². The maximum atomic E-state index is 12.5. The highest BCUT2D eigenvalue weighted by atomic mass is 16.6. The van der Waals surface area contributed by atoms with E-state index in [4.69, 9.17) is 15.2 Å². The second kappa shape index (κ2) is 9.24. The fourth-order valence-corrected chi connectivity index (χ4v) is 3.43. The fourth-order valence-electron chi connectivity index (χ4n) is 3.43. The molecule has 4 heteroatoms. The summed E-state index contributed by atoms with van der Waals surface area (Å²) in [6.07, 6.45) is 0. The van der Waals surface area contributed by atoms with Crippen molar-refractivity contribution in [3.05, 3.63) is 108 Å². The lowest BCUT2D eigenvalue weighted by atomic mass is 9.80. The van der Waals surface area contributed by atoms with Gasteiger partial charge in [0.2, 0.25) is 0 Å². The van der Waals surface area contributed by atoms with Crippen molar-refractivity contribution in [3.8, 4) is 0 Å². The standard InChI is InChI=1S/C26H29NO3/c1-25(2,3)30-24(28)23(27)19-29-26(20-13-7-4-8-14-20,21-15-9-5-10-16-21)22-17-11-6-12-18-22/h4-18,23H,19,27H2,1-3H3/t23-/m0/s1. The van der Waals surface area contributed by atoms with Gasteiger partial charge >= 0.3 is 5.97 Å². The van der Waals surface area contributed by atoms with Crippen LogP contribution in [0.2, 0.25) is 0 Å². The maximum Gasteiger partial charge on any atom is 0.325 e. The van der Waals surface area contributed by atoms with E-state index in [9.17, 15) is 4.79 Å². The number of esters is 1. The second-order valence-electron chi connectivity index (χ2n) is 8.23. The molecule has 0 aliphatic heterocycles. The van der Waals surface area contributed by atoms with Gasteiger partial charge in [-0.1, -0.05) is 91.0 Å². The third-order valence-electron chi connectivity index (χ3n) is 4.73. The minimum absolute atomic E-state index is 0.00754. The van der Waals surface area contributed by atoms with Crippen LogP contribution in [0, 0.1) is 0 Å². The van der Waals surface area contributed by atoms with Gasteiger partial charge in [0.15, 0.2) is 0 Å². The summed E-state index contributed by atoms with van der Waals surface area (Å²) >= 11 is 0. The van der Waals surface area contributed by atoms with Crippen molar-refractivity contribution in [1.29, 1.82) is 0 Å². The van der Waals surface area contributed by atoms with Gasteiger partial charge in [-0.2, -0.15) is 0 Å². The van der Waals surface area contributed by atoms with Crippen LogP contribution in [0.1, 0.15) is 37.5 Å². The lowest BCUT2D eigenvalue weighted by Gasteiger charge is -2.36. The summed E-state index contributed by atoms with van der Waals surface area (Å²) in [6.45, 7) is 5.47. The number of carbonyl (C=O) groups is 1. The van der Waals surface area contributed by atoms with Crippen molar-refractivity contribution in [3.63, 3.8) is 0 Å². The maximum absolute atomic E-state index is 12.5. The molecule has 2 N–H and O–H groups in total. The first-order valence-corrected chi connectivity index (χ1v) is 10.1. The Kier molecular flexibility index (Phi) is 6.70. The van der Waals surface area contributed by atoms with Crippen molar-refractivity contribution in [2.24, 2.45) is 5.73 Å². The third-order valence-corrected chi connectivity index (χ3v) is 4.73. The molecule has 156 valence electrons. The predicted molar refractivity (Wildman–Crippen MR) is 119 cm³/mol. The summed E-state index contributed by atoms with van der Waals surface area (Å²) in [4.78, 5) is 12.5. The Morgan fingerprint density at radius 2 is 1.13 bits per heavy atom. The molecule has 0 bridgehead atoms. The lowest BCUT2D eigenvalue weighted by Crippen LogP contribution is -2.44. The Labute approximate surface area is 178 Å². The van der Waals surface area contributed by atoms with Gasteiger partial charge in [-0.3, -0.25) is 4.79 Å². The molecule has 0 saturated carbocycles. The van der Waals surface area contributed by atoms with Crippen molar-refractivity contribution < 1.29 is 14.3 Å². The number of benzene rings is 3. The zero-order valence-corrected chi connectivity index (χ0v) is 17.7. The molecule has 0 radical (unpaired) electrons. The van der Waals surface area contributed by atoms with Gasteiger partial charge in [-0.25, -0.2) is 0 Å². The van der Waals surface area contributed by atoms with E-state index in [0.29, 0.717) is 0 Å². The van der Waals surface area contributed by atoms with Crippen LogP contribution in [0.4, 0.5) is 0 Å². The Bertz CT molecular complexity index is 838. The largest absolute Gasteiger partial charge is 0.459 e. The highest BCUT2D eigenvalue weighted by Crippen LogP contribution is 2.40. The van der Waals surface area contributed by atoms with E-state index in [1.807, 2.05) is 112 Å². The second-order valence-corrected chi connectivity index (χ2v) is 8.23. The molecule has 0 unspecified atom stereocenters. The number of ether oxygens (including phenoxy) is 2. The van der Waals surface area contributed by atoms with Crippen LogP contribution in [-0.4, -0.2) is 24.2 Å². The molecule has 0 amide bonds. The van der Waals surface area contributed by atoms with E-state index >= 15 is 0 Å². The van der Waals surface area contributed by atoms with E-state index in [-0.39, 0.29) is 6.61 Å². The Balaban J connectivity index is 2.05. The summed E-state index contributed by atoms with van der Waals surface area (Å²) in [7, 11) is 0. The molecule has 0 aromatic heterocycles. The van der Waals surface area contributed by atoms with Crippen molar-refractivity contribution in [2.45, 2.75) is 38.0 Å². The van der Waals surface area contributed by atoms with Crippen LogP contribution >= 0.6 is 0 Å². The van der Waals surface area contributed by atoms with Gasteiger partial charge in [0, 0.05) is 0 Å². The Morgan fingerprint density at radius 3 is 1.47 bits per heavy atom. The Morgan fingerprint density at radius 1 is 0.767 bits per heavy atom. The van der Waals surface area contributed by atoms with E-state index in [0.717, 1.165) is 16.7 Å². The predicted octanol–water partition coefficient (Wildman–Crippen LogP) is 4.66. The van der Waals surface area contributed by atoms with Gasteiger partial charge in [-0.15, -0.1) is 0 Å². The number of nitrogens with two attached hydrogens (primary N) is 1. The minimum Gasteiger partial charge on any atom is -0.459 e. The van der Waals surface area contributed by atoms with Crippen LogP contribution in [-0.2, 0) is 19.9 Å². The van der Waals surface area contributed by atoms with E-state index in [1.54, 1.807) is 0 Å². The van der Waals surface area contributed by atoms with Crippen molar-refractivity contribution in [2.75, 3.05) is 6.61 Å². The van der Waals surface area contributed by atoms with Crippen LogP contribution in [0.25, 0.3) is 0 Å². The summed E-state index contributed by atoms with van der Waals surface area (Å²) in [5.74, 6) is -0.481. The normalized spacial score (nSPS) is 12.9. The fraction of sp³-hybridized carbons (Fsp3) is 0.269. The molecule has 30 heavy (non-hydrogen) atoms. The first kappa shape index (κ1) is 21.8. The van der Waals surface area contributed by atoms with Crippen LogP contribution in [0.15, 0.2) is 91.0 Å². The number of rotatable bonds is 7. The molecular formula is C26H29NO3. The quantitative estimate of drug-likeness (QED) is 0.460. The van der Waals surface area contributed by atoms with E-state index < -0.39 is 23.2 Å². The zero-order chi connectivity index (χ0) is 21.6. The third kappa shape index (κ3) is 4.96. The van der Waals surface area contributed by atoms with Crippen LogP contribution in [0.3, 0.4) is 0 Å². The molecule has 0 aliphatic carbocycles. The smallest absolute Gasteiger partial charge is 0.325 e. The summed E-state index contributed by atoms with van der Waals surface area (Å²) in [6, 6.07) is 29.0. The first-order valence-electron chi connectivity index (χ1n) is 10.1. The molecular weight excluding hydrogens is 374 g/mol. The number of hydrogen-bond acceptors (Lipinski definition) is 4.